The van der Waals surface area contributed by atoms with E-state index >= 15 is 0 Å². The van der Waals surface area contributed by atoms with Crippen molar-refractivity contribution in [1.82, 2.24) is 14.9 Å². The molecule has 1 aromatic heterocycles. The van der Waals surface area contributed by atoms with E-state index in [1.807, 2.05) is 23.1 Å². The number of carbonyl (C=O) groups is 1. The zero-order chi connectivity index (χ0) is 15.5. The van der Waals surface area contributed by atoms with Gasteiger partial charge in [0.2, 0.25) is 5.91 Å². The minimum absolute atomic E-state index is 0.0291. The number of piperazine rings is 1. The van der Waals surface area contributed by atoms with Crippen LogP contribution in [0.4, 0.5) is 5.82 Å². The second kappa shape index (κ2) is 6.46. The fraction of sp³-hybridized carbons (Fsp3) is 0.400. The van der Waals surface area contributed by atoms with Crippen molar-refractivity contribution >= 4 is 34.2 Å². The van der Waals surface area contributed by atoms with Crippen LogP contribution in [0.1, 0.15) is 0 Å². The first-order valence-corrected chi connectivity index (χ1v) is 7.49. The number of nitrogens with zero attached hydrogens (tertiary/aromatic N) is 4. The summed E-state index contributed by atoms with van der Waals surface area (Å²) in [5.74, 6) is 0.919. The summed E-state index contributed by atoms with van der Waals surface area (Å²) in [5.41, 5.74) is 0.829. The molecule has 0 atom stereocenters. The number of carbonyl (C=O) groups excluding carboxylic acids is 1. The number of ether oxygens (including phenoxy) is 1. The molecular weight excluding hydrogens is 304 g/mol. The lowest BCUT2D eigenvalue weighted by atomic mass is 10.2. The van der Waals surface area contributed by atoms with Gasteiger partial charge in [-0.25, -0.2) is 9.97 Å². The van der Waals surface area contributed by atoms with E-state index in [0.717, 1.165) is 29.8 Å². The Morgan fingerprint density at radius 2 is 2.05 bits per heavy atom. The molecule has 6 nitrogen and oxygen atoms in total. The molecule has 1 fully saturated rings. The van der Waals surface area contributed by atoms with Crippen molar-refractivity contribution in [2.45, 2.75) is 0 Å². The van der Waals surface area contributed by atoms with Crippen molar-refractivity contribution in [3.05, 3.63) is 29.5 Å². The molecule has 0 bridgehead atoms. The van der Waals surface area contributed by atoms with Gasteiger partial charge in [0.05, 0.1) is 5.52 Å². The molecule has 3 rings (SSSR count). The Kier molecular flexibility index (Phi) is 4.40. The minimum atomic E-state index is 0.0291. The highest BCUT2D eigenvalue weighted by Gasteiger charge is 2.22. The molecule has 1 amide bonds. The van der Waals surface area contributed by atoms with E-state index in [2.05, 4.69) is 14.9 Å². The normalized spacial score (nSPS) is 15.4. The van der Waals surface area contributed by atoms with E-state index in [-0.39, 0.29) is 12.5 Å². The maximum absolute atomic E-state index is 11.8. The second-order valence-corrected chi connectivity index (χ2v) is 5.60. The first-order valence-electron chi connectivity index (χ1n) is 7.11. The first-order chi connectivity index (χ1) is 10.7. The highest BCUT2D eigenvalue weighted by atomic mass is 35.5. The topological polar surface area (TPSA) is 58.6 Å². The summed E-state index contributed by atoms with van der Waals surface area (Å²) >= 11 is 6.01. The smallest absolute Gasteiger partial charge is 0.248 e. The van der Waals surface area contributed by atoms with Crippen LogP contribution in [0.25, 0.3) is 10.9 Å². The minimum Gasteiger partial charge on any atom is -0.375 e. The summed E-state index contributed by atoms with van der Waals surface area (Å²) < 4.78 is 4.90. The van der Waals surface area contributed by atoms with Crippen LogP contribution in [0, 0.1) is 0 Å². The number of anilines is 1. The molecule has 0 saturated carbocycles. The quantitative estimate of drug-likeness (QED) is 0.859. The Morgan fingerprint density at radius 3 is 2.77 bits per heavy atom. The summed E-state index contributed by atoms with van der Waals surface area (Å²) in [6.07, 6.45) is 1.55. The number of fused-ring (bicyclic) bond motifs is 1. The van der Waals surface area contributed by atoms with Crippen LogP contribution in [-0.2, 0) is 9.53 Å². The Hall–Kier alpha value is -1.92. The van der Waals surface area contributed by atoms with Gasteiger partial charge in [-0.05, 0) is 18.2 Å². The monoisotopic (exact) mass is 320 g/mol. The van der Waals surface area contributed by atoms with E-state index in [1.165, 1.54) is 7.11 Å². The summed E-state index contributed by atoms with van der Waals surface area (Å²) in [6, 6.07) is 5.62. The van der Waals surface area contributed by atoms with Gasteiger partial charge in [0.15, 0.2) is 0 Å². The van der Waals surface area contributed by atoms with Crippen molar-refractivity contribution in [3.8, 4) is 0 Å². The highest BCUT2D eigenvalue weighted by Crippen LogP contribution is 2.26. The zero-order valence-corrected chi connectivity index (χ0v) is 13.1. The number of hydrogen-bond donors (Lipinski definition) is 0. The highest BCUT2D eigenvalue weighted by molar-refractivity contribution is 6.31. The molecule has 1 saturated heterocycles. The number of rotatable bonds is 3. The Bertz CT molecular complexity index is 686. The van der Waals surface area contributed by atoms with Gasteiger partial charge in [0.1, 0.15) is 18.8 Å². The molecule has 0 N–H and O–H groups in total. The molecule has 1 aliphatic rings. The van der Waals surface area contributed by atoms with Crippen LogP contribution in [0.5, 0.6) is 0 Å². The predicted octanol–water partition coefficient (Wildman–Crippen LogP) is 1.58. The van der Waals surface area contributed by atoms with Crippen molar-refractivity contribution in [3.63, 3.8) is 0 Å². The van der Waals surface area contributed by atoms with Crippen LogP contribution >= 0.6 is 11.6 Å². The maximum Gasteiger partial charge on any atom is 0.248 e. The molecule has 1 aliphatic heterocycles. The number of methoxy groups -OCH3 is 1. The molecule has 0 unspecified atom stereocenters. The lowest BCUT2D eigenvalue weighted by Crippen LogP contribution is -2.50. The standard InChI is InChI=1S/C15H17ClN4O2/c1-22-9-14(21)19-4-6-20(7-5-19)15-12-3-2-11(16)8-13(12)17-10-18-15/h2-3,8,10H,4-7,9H2,1H3. The van der Waals surface area contributed by atoms with Gasteiger partial charge in [-0.3, -0.25) is 4.79 Å². The molecule has 0 aliphatic carbocycles. The van der Waals surface area contributed by atoms with Gasteiger partial charge in [0.25, 0.3) is 0 Å². The van der Waals surface area contributed by atoms with E-state index in [1.54, 1.807) is 6.33 Å². The Labute approximate surface area is 133 Å². The maximum atomic E-state index is 11.8. The van der Waals surface area contributed by atoms with Crippen LogP contribution in [0.3, 0.4) is 0 Å². The molecule has 0 radical (unpaired) electrons. The van der Waals surface area contributed by atoms with E-state index in [4.69, 9.17) is 16.3 Å². The van der Waals surface area contributed by atoms with Crippen molar-refractivity contribution in [1.29, 1.82) is 0 Å². The molecule has 116 valence electrons. The van der Waals surface area contributed by atoms with E-state index in [0.29, 0.717) is 18.1 Å². The third kappa shape index (κ3) is 2.98. The van der Waals surface area contributed by atoms with Gasteiger partial charge in [0, 0.05) is 43.7 Å². The fourth-order valence-corrected chi connectivity index (χ4v) is 2.82. The van der Waals surface area contributed by atoms with E-state index < -0.39 is 0 Å². The molecule has 2 aromatic rings. The van der Waals surface area contributed by atoms with Crippen LogP contribution < -0.4 is 4.90 Å². The molecule has 0 spiro atoms. The fourth-order valence-electron chi connectivity index (χ4n) is 2.65. The lowest BCUT2D eigenvalue weighted by molar-refractivity contribution is -0.135. The zero-order valence-electron chi connectivity index (χ0n) is 12.3. The van der Waals surface area contributed by atoms with E-state index in [9.17, 15) is 4.79 Å². The SMILES string of the molecule is COCC(=O)N1CCN(c2ncnc3cc(Cl)ccc23)CC1. The van der Waals surface area contributed by atoms with Gasteiger partial charge in [-0.15, -0.1) is 0 Å². The summed E-state index contributed by atoms with van der Waals surface area (Å²) in [4.78, 5) is 24.5. The van der Waals surface area contributed by atoms with Crippen LogP contribution in [0.2, 0.25) is 5.02 Å². The summed E-state index contributed by atoms with van der Waals surface area (Å²) in [6.45, 7) is 2.95. The van der Waals surface area contributed by atoms with Gasteiger partial charge in [-0.2, -0.15) is 0 Å². The van der Waals surface area contributed by atoms with Crippen LogP contribution in [-0.4, -0.2) is 60.7 Å². The number of halogens is 1. The lowest BCUT2D eigenvalue weighted by Gasteiger charge is -2.35. The summed E-state index contributed by atoms with van der Waals surface area (Å²) in [7, 11) is 1.53. The van der Waals surface area contributed by atoms with Gasteiger partial charge < -0.3 is 14.5 Å². The number of amides is 1. The molecule has 7 heteroatoms. The second-order valence-electron chi connectivity index (χ2n) is 5.16. The Balaban J connectivity index is 1.78. The third-order valence-electron chi connectivity index (χ3n) is 3.78. The number of benzene rings is 1. The number of aromatic nitrogens is 2. The molecule has 2 heterocycles. The average Bonchev–Trinajstić information content (AvgIpc) is 2.54. The van der Waals surface area contributed by atoms with Crippen molar-refractivity contribution < 1.29 is 9.53 Å². The third-order valence-corrected chi connectivity index (χ3v) is 4.01. The molecule has 1 aromatic carbocycles. The molecular formula is C15H17ClN4O2. The van der Waals surface area contributed by atoms with Gasteiger partial charge in [-0.1, -0.05) is 11.6 Å². The molecule has 22 heavy (non-hydrogen) atoms. The number of hydrogen-bond acceptors (Lipinski definition) is 5. The first kappa shape index (κ1) is 15.0. The van der Waals surface area contributed by atoms with Crippen molar-refractivity contribution in [2.24, 2.45) is 0 Å². The van der Waals surface area contributed by atoms with Crippen LogP contribution in [0.15, 0.2) is 24.5 Å². The van der Waals surface area contributed by atoms with Gasteiger partial charge >= 0.3 is 0 Å². The largest absolute Gasteiger partial charge is 0.375 e. The average molecular weight is 321 g/mol. The van der Waals surface area contributed by atoms with Crippen molar-refractivity contribution in [2.75, 3.05) is 44.8 Å². The predicted molar refractivity (Wildman–Crippen MR) is 85.2 cm³/mol. The Morgan fingerprint density at radius 1 is 1.27 bits per heavy atom. The summed E-state index contributed by atoms with van der Waals surface area (Å²) in [5, 5.41) is 1.63.